The summed E-state index contributed by atoms with van der Waals surface area (Å²) in [4.78, 5) is 12.2. The summed E-state index contributed by atoms with van der Waals surface area (Å²) in [6.07, 6.45) is 9.27. The van der Waals surface area contributed by atoms with Crippen LogP contribution in [0.2, 0.25) is 0 Å². The molecule has 0 aliphatic heterocycles. The highest BCUT2D eigenvalue weighted by atomic mass is 79.9. The van der Waals surface area contributed by atoms with E-state index in [1.807, 2.05) is 0 Å². The van der Waals surface area contributed by atoms with E-state index in [9.17, 15) is 4.79 Å². The second-order valence-electron chi connectivity index (χ2n) is 6.49. The van der Waals surface area contributed by atoms with Crippen molar-refractivity contribution in [3.8, 4) is 0 Å². The summed E-state index contributed by atoms with van der Waals surface area (Å²) in [5, 5.41) is 4.35. The zero-order chi connectivity index (χ0) is 12.5. The van der Waals surface area contributed by atoms with Crippen molar-refractivity contribution in [3.63, 3.8) is 0 Å². The maximum absolute atomic E-state index is 12.2. The topological polar surface area (TPSA) is 29.1 Å². The van der Waals surface area contributed by atoms with Crippen LogP contribution in [0, 0.1) is 29.6 Å². The van der Waals surface area contributed by atoms with Gasteiger partial charge in [-0.1, -0.05) is 35.2 Å². The van der Waals surface area contributed by atoms with Crippen LogP contribution in [0.15, 0.2) is 0 Å². The predicted octanol–water partition coefficient (Wildman–Crippen LogP) is 3.35. The zero-order valence-electron chi connectivity index (χ0n) is 11.0. The average Bonchev–Trinajstić information content (AvgIpc) is 2.95. The van der Waals surface area contributed by atoms with Crippen LogP contribution < -0.4 is 5.32 Å². The molecular formula is C15H24BrNO. The average molecular weight is 314 g/mol. The second kappa shape index (κ2) is 5.52. The van der Waals surface area contributed by atoms with Crippen LogP contribution in [-0.4, -0.2) is 17.8 Å². The molecule has 3 aliphatic carbocycles. The van der Waals surface area contributed by atoms with Gasteiger partial charge in [0.1, 0.15) is 0 Å². The molecule has 3 heteroatoms. The quantitative estimate of drug-likeness (QED) is 0.792. The first kappa shape index (κ1) is 13.0. The number of halogens is 1. The van der Waals surface area contributed by atoms with E-state index in [-0.39, 0.29) is 0 Å². The van der Waals surface area contributed by atoms with Gasteiger partial charge >= 0.3 is 0 Å². The van der Waals surface area contributed by atoms with Crippen molar-refractivity contribution in [1.29, 1.82) is 0 Å². The van der Waals surface area contributed by atoms with Gasteiger partial charge in [0.2, 0.25) is 5.91 Å². The van der Waals surface area contributed by atoms with Crippen LogP contribution in [0.25, 0.3) is 0 Å². The summed E-state index contributed by atoms with van der Waals surface area (Å²) in [6, 6.07) is 0. The van der Waals surface area contributed by atoms with Crippen molar-refractivity contribution in [1.82, 2.24) is 5.32 Å². The number of amides is 1. The normalized spacial score (nSPS) is 42.4. The van der Waals surface area contributed by atoms with Gasteiger partial charge in [-0.2, -0.15) is 0 Å². The summed E-state index contributed by atoms with van der Waals surface area (Å²) < 4.78 is 0. The highest BCUT2D eigenvalue weighted by Gasteiger charge is 2.54. The Hall–Kier alpha value is -0.0500. The third-order valence-corrected chi connectivity index (χ3v) is 6.34. The highest BCUT2D eigenvalue weighted by molar-refractivity contribution is 9.09. The maximum atomic E-state index is 12.2. The van der Waals surface area contributed by atoms with Crippen molar-refractivity contribution >= 4 is 21.8 Å². The molecule has 3 saturated carbocycles. The van der Waals surface area contributed by atoms with E-state index >= 15 is 0 Å². The van der Waals surface area contributed by atoms with Gasteiger partial charge < -0.3 is 5.32 Å². The van der Waals surface area contributed by atoms with Gasteiger partial charge in [0.25, 0.3) is 0 Å². The molecule has 1 N–H and O–H groups in total. The number of carbonyl (C=O) groups is 1. The Morgan fingerprint density at radius 3 is 2.33 bits per heavy atom. The number of fused-ring (bicyclic) bond motifs is 1. The number of nitrogens with one attached hydrogen (secondary N) is 1. The van der Waals surface area contributed by atoms with Crippen molar-refractivity contribution in [2.45, 2.75) is 44.9 Å². The predicted molar refractivity (Wildman–Crippen MR) is 76.6 cm³/mol. The molecule has 3 aliphatic rings. The van der Waals surface area contributed by atoms with Crippen molar-refractivity contribution in [2.24, 2.45) is 29.6 Å². The lowest BCUT2D eigenvalue weighted by molar-refractivity contribution is -0.123. The smallest absolute Gasteiger partial charge is 0.223 e. The van der Waals surface area contributed by atoms with Crippen LogP contribution in [0.1, 0.15) is 44.9 Å². The molecule has 0 aromatic heterocycles. The third-order valence-electron chi connectivity index (χ3n) is 5.51. The zero-order valence-corrected chi connectivity index (χ0v) is 12.6. The number of alkyl halides is 1. The molecule has 0 radical (unpaired) electrons. The number of carbonyl (C=O) groups excluding carboxylic acids is 1. The maximum Gasteiger partial charge on any atom is 0.223 e. The fourth-order valence-corrected chi connectivity index (χ4v) is 5.17. The van der Waals surface area contributed by atoms with Gasteiger partial charge in [0, 0.05) is 17.8 Å². The van der Waals surface area contributed by atoms with E-state index < -0.39 is 0 Å². The van der Waals surface area contributed by atoms with Crippen LogP contribution >= 0.6 is 15.9 Å². The Kier molecular flexibility index (Phi) is 3.97. The van der Waals surface area contributed by atoms with E-state index in [4.69, 9.17) is 0 Å². The minimum atomic E-state index is 0.368. The van der Waals surface area contributed by atoms with Crippen LogP contribution in [0.5, 0.6) is 0 Å². The van der Waals surface area contributed by atoms with Gasteiger partial charge in [0.15, 0.2) is 0 Å². The Balaban J connectivity index is 1.45. The Morgan fingerprint density at radius 1 is 1.00 bits per heavy atom. The standard InChI is InChI=1S/C15H24BrNO/c16-8-10-4-3-5-11(10)9-17-15(18)14-12-6-1-2-7-13(12)14/h10-14H,1-9H2,(H,17,18). The molecule has 4 unspecified atom stereocenters. The number of hydrogen-bond acceptors (Lipinski definition) is 1. The largest absolute Gasteiger partial charge is 0.356 e. The fraction of sp³-hybridized carbons (Fsp3) is 0.933. The molecule has 4 atom stereocenters. The molecule has 2 nitrogen and oxygen atoms in total. The van der Waals surface area contributed by atoms with E-state index in [1.165, 1.54) is 44.9 Å². The molecular weight excluding hydrogens is 290 g/mol. The van der Waals surface area contributed by atoms with Crippen LogP contribution in [0.4, 0.5) is 0 Å². The lowest BCUT2D eigenvalue weighted by atomic mass is 9.98. The van der Waals surface area contributed by atoms with Gasteiger partial charge in [-0.05, 0) is 49.4 Å². The van der Waals surface area contributed by atoms with E-state index in [0.717, 1.165) is 29.6 Å². The summed E-state index contributed by atoms with van der Waals surface area (Å²) in [7, 11) is 0. The minimum Gasteiger partial charge on any atom is -0.356 e. The number of hydrogen-bond donors (Lipinski definition) is 1. The summed E-state index contributed by atoms with van der Waals surface area (Å²) in [6.45, 7) is 0.922. The Bertz CT molecular complexity index is 308. The molecule has 0 aromatic carbocycles. The van der Waals surface area contributed by atoms with Crippen molar-refractivity contribution in [2.75, 3.05) is 11.9 Å². The van der Waals surface area contributed by atoms with E-state index in [0.29, 0.717) is 17.7 Å². The fourth-order valence-electron chi connectivity index (χ4n) is 4.32. The first-order chi connectivity index (χ1) is 8.81. The molecule has 3 fully saturated rings. The van der Waals surface area contributed by atoms with Gasteiger partial charge in [-0.3, -0.25) is 4.79 Å². The van der Waals surface area contributed by atoms with E-state index in [2.05, 4.69) is 21.2 Å². The van der Waals surface area contributed by atoms with E-state index in [1.54, 1.807) is 0 Å². The molecule has 0 bridgehead atoms. The van der Waals surface area contributed by atoms with Gasteiger partial charge in [-0.25, -0.2) is 0 Å². The molecule has 0 saturated heterocycles. The van der Waals surface area contributed by atoms with Gasteiger partial charge in [-0.15, -0.1) is 0 Å². The first-order valence-electron chi connectivity index (χ1n) is 7.65. The highest BCUT2D eigenvalue weighted by Crippen LogP contribution is 2.55. The monoisotopic (exact) mass is 313 g/mol. The molecule has 0 spiro atoms. The summed E-state index contributed by atoms with van der Waals surface area (Å²) >= 11 is 3.60. The van der Waals surface area contributed by atoms with Crippen molar-refractivity contribution in [3.05, 3.63) is 0 Å². The molecule has 1 amide bonds. The van der Waals surface area contributed by atoms with Crippen LogP contribution in [0.3, 0.4) is 0 Å². The molecule has 0 aromatic rings. The minimum absolute atomic E-state index is 0.368. The lowest BCUT2D eigenvalue weighted by Crippen LogP contribution is -2.32. The second-order valence-corrected chi connectivity index (χ2v) is 7.14. The molecule has 3 rings (SSSR count). The SMILES string of the molecule is O=C(NCC1CCCC1CBr)C1C2CCCCC21. The molecule has 0 heterocycles. The summed E-state index contributed by atoms with van der Waals surface area (Å²) in [5.41, 5.74) is 0. The molecule has 18 heavy (non-hydrogen) atoms. The Morgan fingerprint density at radius 2 is 1.67 bits per heavy atom. The van der Waals surface area contributed by atoms with Crippen LogP contribution in [-0.2, 0) is 4.79 Å². The van der Waals surface area contributed by atoms with Gasteiger partial charge in [0.05, 0.1) is 0 Å². The molecule has 102 valence electrons. The van der Waals surface area contributed by atoms with Crippen molar-refractivity contribution < 1.29 is 4.79 Å². The summed E-state index contributed by atoms with van der Waals surface area (Å²) in [5.74, 6) is 3.74. The Labute approximate surface area is 118 Å². The lowest BCUT2D eigenvalue weighted by Gasteiger charge is -2.17. The third kappa shape index (κ3) is 2.48. The first-order valence-corrected chi connectivity index (χ1v) is 8.77. The number of rotatable bonds is 4.